The predicted octanol–water partition coefficient (Wildman–Crippen LogP) is 16.0. The van der Waals surface area contributed by atoms with Gasteiger partial charge in [0.2, 0.25) is 0 Å². The smallest absolute Gasteiger partial charge is 0.306 e. The number of ether oxygens (including phenoxy) is 3. The summed E-state index contributed by atoms with van der Waals surface area (Å²) in [5.41, 5.74) is 0. The Labute approximate surface area is 390 Å². The van der Waals surface area contributed by atoms with Gasteiger partial charge in [-0.25, -0.2) is 0 Å². The van der Waals surface area contributed by atoms with Crippen molar-refractivity contribution in [2.75, 3.05) is 13.2 Å². The van der Waals surface area contributed by atoms with E-state index in [2.05, 4.69) is 93.7 Å². The Hall–Kier alpha value is -5.23. The van der Waals surface area contributed by atoms with Crippen LogP contribution in [-0.2, 0) is 28.6 Å². The van der Waals surface area contributed by atoms with Crippen LogP contribution in [-0.4, -0.2) is 37.2 Å². The Bertz CT molecular complexity index is 1570. The predicted molar refractivity (Wildman–Crippen MR) is 274 cm³/mol. The van der Waals surface area contributed by atoms with Crippen molar-refractivity contribution in [3.05, 3.63) is 170 Å². The van der Waals surface area contributed by atoms with E-state index in [9.17, 15) is 14.4 Å². The minimum absolute atomic E-state index is 0.133. The molecule has 0 saturated heterocycles. The van der Waals surface area contributed by atoms with Gasteiger partial charge in [-0.3, -0.25) is 14.4 Å². The van der Waals surface area contributed by atoms with E-state index >= 15 is 0 Å². The third-order valence-corrected chi connectivity index (χ3v) is 9.24. The van der Waals surface area contributed by atoms with Crippen LogP contribution in [0.25, 0.3) is 0 Å². The first-order chi connectivity index (χ1) is 31.5. The van der Waals surface area contributed by atoms with Crippen molar-refractivity contribution < 1.29 is 28.6 Å². The summed E-state index contributed by atoms with van der Waals surface area (Å²) >= 11 is 0. The molecular formula is C58H84O6. The summed E-state index contributed by atoms with van der Waals surface area (Å²) in [7, 11) is 0. The zero-order valence-corrected chi connectivity index (χ0v) is 40.0. The summed E-state index contributed by atoms with van der Waals surface area (Å²) in [5, 5.41) is 0. The molecule has 352 valence electrons. The third-order valence-electron chi connectivity index (χ3n) is 9.24. The van der Waals surface area contributed by atoms with Gasteiger partial charge < -0.3 is 14.2 Å². The van der Waals surface area contributed by atoms with Crippen molar-refractivity contribution in [3.63, 3.8) is 0 Å². The molecular weight excluding hydrogens is 793 g/mol. The number of allylic oxidation sites excluding steroid dienone is 28. The van der Waals surface area contributed by atoms with E-state index in [0.29, 0.717) is 12.8 Å². The molecule has 6 nitrogen and oxygen atoms in total. The normalized spacial score (nSPS) is 13.6. The van der Waals surface area contributed by atoms with Crippen LogP contribution < -0.4 is 0 Å². The van der Waals surface area contributed by atoms with Crippen molar-refractivity contribution in [2.45, 2.75) is 162 Å². The molecule has 1 atom stereocenters. The second-order valence-electron chi connectivity index (χ2n) is 15.1. The van der Waals surface area contributed by atoms with Gasteiger partial charge in [-0.1, -0.05) is 217 Å². The van der Waals surface area contributed by atoms with Crippen molar-refractivity contribution in [1.29, 1.82) is 0 Å². The third kappa shape index (κ3) is 47.8. The molecule has 1 unspecified atom stereocenters. The van der Waals surface area contributed by atoms with Gasteiger partial charge in [0.15, 0.2) is 6.10 Å². The van der Waals surface area contributed by atoms with Crippen LogP contribution in [0.3, 0.4) is 0 Å². The molecule has 0 bridgehead atoms. The van der Waals surface area contributed by atoms with Gasteiger partial charge in [0.05, 0.1) is 0 Å². The summed E-state index contributed by atoms with van der Waals surface area (Å²) in [6.07, 6.45) is 74.7. The molecule has 6 heteroatoms. The first-order valence-corrected chi connectivity index (χ1v) is 24.3. The van der Waals surface area contributed by atoms with Crippen LogP contribution in [0.2, 0.25) is 0 Å². The van der Waals surface area contributed by atoms with Crippen LogP contribution in [0.4, 0.5) is 0 Å². The van der Waals surface area contributed by atoms with E-state index in [1.807, 2.05) is 97.2 Å². The average Bonchev–Trinajstić information content (AvgIpc) is 3.29. The molecule has 0 aromatic heterocycles. The van der Waals surface area contributed by atoms with E-state index < -0.39 is 6.10 Å². The molecule has 64 heavy (non-hydrogen) atoms. The Morgan fingerprint density at radius 3 is 1.11 bits per heavy atom. The zero-order chi connectivity index (χ0) is 46.5. The number of rotatable bonds is 40. The molecule has 0 fully saturated rings. The first-order valence-electron chi connectivity index (χ1n) is 24.3. The number of hydrogen-bond donors (Lipinski definition) is 0. The Morgan fingerprint density at radius 2 is 0.641 bits per heavy atom. The van der Waals surface area contributed by atoms with E-state index in [0.717, 1.165) is 103 Å². The minimum atomic E-state index is -0.834. The van der Waals surface area contributed by atoms with Crippen LogP contribution in [0.1, 0.15) is 156 Å². The molecule has 0 N–H and O–H groups in total. The highest BCUT2D eigenvalue weighted by Gasteiger charge is 2.19. The Balaban J connectivity index is 4.62. The molecule has 0 aliphatic carbocycles. The maximum absolute atomic E-state index is 12.8. The first kappa shape index (κ1) is 58.8. The van der Waals surface area contributed by atoms with Crippen LogP contribution >= 0.6 is 0 Å². The summed E-state index contributed by atoms with van der Waals surface area (Å²) in [6, 6.07) is 0. The molecule has 0 spiro atoms. The molecule has 0 radical (unpaired) electrons. The van der Waals surface area contributed by atoms with E-state index in [1.165, 1.54) is 0 Å². The topological polar surface area (TPSA) is 78.9 Å². The quantitative estimate of drug-likeness (QED) is 0.0201. The maximum Gasteiger partial charge on any atom is 0.306 e. The summed E-state index contributed by atoms with van der Waals surface area (Å²) in [4.78, 5) is 37.9. The maximum atomic E-state index is 12.8. The van der Waals surface area contributed by atoms with Gasteiger partial charge in [0.25, 0.3) is 0 Å². The number of esters is 3. The monoisotopic (exact) mass is 877 g/mol. The lowest BCUT2D eigenvalue weighted by Crippen LogP contribution is -2.30. The molecule has 0 amide bonds. The molecule has 0 aromatic carbocycles. The summed E-state index contributed by atoms with van der Waals surface area (Å²) in [5.74, 6) is -1.06. The highest BCUT2D eigenvalue weighted by molar-refractivity contribution is 5.71. The highest BCUT2D eigenvalue weighted by Crippen LogP contribution is 2.11. The molecule has 0 aromatic rings. The second-order valence-corrected chi connectivity index (χ2v) is 15.1. The second kappa shape index (κ2) is 50.4. The summed E-state index contributed by atoms with van der Waals surface area (Å²) in [6.45, 7) is 6.10. The Morgan fingerprint density at radius 1 is 0.328 bits per heavy atom. The van der Waals surface area contributed by atoms with E-state index in [1.54, 1.807) is 0 Å². The van der Waals surface area contributed by atoms with Gasteiger partial charge in [0.1, 0.15) is 13.2 Å². The van der Waals surface area contributed by atoms with E-state index in [4.69, 9.17) is 14.2 Å². The largest absolute Gasteiger partial charge is 0.462 e. The fourth-order valence-electron chi connectivity index (χ4n) is 5.68. The SMILES string of the molecule is CC\C=C/C=C\C=C/C=C\C=C\C=C/C=C\CCCCCC(=O)OCC(COC(=O)CCCC/C=C\C/C=C\C/C=C\CC)OC(=O)CCCCCCC\C=C/C=C\C=C/C=C\CC. The molecule has 0 heterocycles. The van der Waals surface area contributed by atoms with Crippen LogP contribution in [0, 0.1) is 0 Å². The number of hydrogen-bond acceptors (Lipinski definition) is 6. The van der Waals surface area contributed by atoms with E-state index in [-0.39, 0.29) is 50.4 Å². The fraction of sp³-hybridized carbons (Fsp3) is 0.466. The van der Waals surface area contributed by atoms with Gasteiger partial charge >= 0.3 is 17.9 Å². The molecule has 0 aliphatic rings. The zero-order valence-electron chi connectivity index (χ0n) is 40.0. The lowest BCUT2D eigenvalue weighted by molar-refractivity contribution is -0.167. The van der Waals surface area contributed by atoms with Crippen molar-refractivity contribution in [2.24, 2.45) is 0 Å². The van der Waals surface area contributed by atoms with Gasteiger partial charge in [-0.05, 0) is 89.9 Å². The van der Waals surface area contributed by atoms with Crippen LogP contribution in [0.5, 0.6) is 0 Å². The molecule has 0 rings (SSSR count). The van der Waals surface area contributed by atoms with Crippen molar-refractivity contribution >= 4 is 17.9 Å². The number of carbonyl (C=O) groups is 3. The molecule has 0 saturated carbocycles. The Kier molecular flexibility index (Phi) is 46.3. The fourth-order valence-corrected chi connectivity index (χ4v) is 5.68. The highest BCUT2D eigenvalue weighted by atomic mass is 16.6. The molecule has 0 aliphatic heterocycles. The number of unbranched alkanes of at least 4 members (excludes halogenated alkanes) is 10. The lowest BCUT2D eigenvalue weighted by atomic mass is 10.1. The average molecular weight is 877 g/mol. The summed E-state index contributed by atoms with van der Waals surface area (Å²) < 4.78 is 16.7. The standard InChI is InChI=1S/C58H84O6/c1-4-7-10-13-16-19-22-25-27-28-29-30-32-33-36-39-42-45-48-51-57(60)63-54-55(53-62-56(59)50-47-44-41-38-35-24-21-18-15-12-9-6-3)64-58(61)52-49-46-43-40-37-34-31-26-23-20-17-14-11-8-5-2/h7-14,16-23,25-33,35-36,38,55H,4-6,15,24,34,37,39-54H2,1-3H3/b10-7-,11-8-,12-9-,16-13-,17-14-,21-18-,22-19-,23-20-,27-25-,29-28+,31-26-,32-30-,36-33-,38-35-. The van der Waals surface area contributed by atoms with Gasteiger partial charge in [0, 0.05) is 19.3 Å². The van der Waals surface area contributed by atoms with Gasteiger partial charge in [-0.15, -0.1) is 0 Å². The lowest BCUT2D eigenvalue weighted by Gasteiger charge is -2.18. The van der Waals surface area contributed by atoms with Gasteiger partial charge in [-0.2, -0.15) is 0 Å². The van der Waals surface area contributed by atoms with Crippen LogP contribution in [0.15, 0.2) is 170 Å². The number of carbonyl (C=O) groups excluding carboxylic acids is 3. The minimum Gasteiger partial charge on any atom is -0.462 e. The van der Waals surface area contributed by atoms with Crippen molar-refractivity contribution in [1.82, 2.24) is 0 Å². The van der Waals surface area contributed by atoms with Crippen molar-refractivity contribution in [3.8, 4) is 0 Å².